The summed E-state index contributed by atoms with van der Waals surface area (Å²) in [6.07, 6.45) is -69.7. The molecule has 0 saturated carbocycles. The number of alkyl halides is 56. The molecule has 72 heteroatoms. The number of benzene rings is 4. The van der Waals surface area contributed by atoms with Crippen LogP contribution in [0.4, 0.5) is 281 Å². The molecule has 714 valence electrons. The zero-order valence-corrected chi connectivity index (χ0v) is 55.9. The average Bonchev–Trinajstić information content (AvgIpc) is 1.40. The largest absolute Gasteiger partial charge is 0.460 e. The zero-order valence-electron chi connectivity index (χ0n) is 55.9. The van der Waals surface area contributed by atoms with Crippen LogP contribution in [0.3, 0.4) is 0 Å². The molecule has 0 saturated heterocycles. The maximum absolute atomic E-state index is 17.6. The fraction of sp³-hybridized carbons (Fsp3) is 0.429. The van der Waals surface area contributed by atoms with Crippen LogP contribution in [0.15, 0.2) is 0 Å². The second-order valence-corrected chi connectivity index (χ2v) is 25.3. The number of nitrogens with zero attached hydrogens (tertiary/aromatic N) is 6. The van der Waals surface area contributed by atoms with Gasteiger partial charge in [0.1, 0.15) is 69.1 Å². The SMILES string of the molecule is Fc1c2c(c(F)c(C(F)(F)C(F)(F)C(F)(F)F)c1C(F)(F)C(F)(F)C(F)(F)F)-c1nc-2nc2[nH]c(nc3nc(nc4[nH]c(n1)c1c(F)c(C(F)(F)C(F)(F)C(F)(F)F)c(C(F)(F)C(F)(F)C(F)(F)F)c(F)c41)-c1c(F)c(C(F)(F)C(F)(F)C(F)(F)F)c(C(F)(F)C(F)(F)C(F)(F)F)c(F)c1-3)c1c(F)c(C(F)(F)C(F)(F)C(F)(F)F)c(C(F)(F)C(F)(F)C(F)(F)F)c(F)c21. The second kappa shape index (κ2) is 27.7. The number of nitrogens with one attached hydrogen (secondary N) is 2. The Labute approximate surface area is 645 Å². The van der Waals surface area contributed by atoms with Crippen LogP contribution in [-0.4, -0.2) is 137 Å². The van der Waals surface area contributed by atoms with Crippen molar-refractivity contribution in [2.45, 2.75) is 144 Å². The van der Waals surface area contributed by atoms with Crippen LogP contribution in [0.5, 0.6) is 0 Å². The van der Waals surface area contributed by atoms with Gasteiger partial charge >= 0.3 is 144 Å². The molecule has 9 rings (SSSR count). The number of H-pyrrole nitrogens is 2. The summed E-state index contributed by atoms with van der Waals surface area (Å²) in [4.78, 5) is 12.0. The highest BCUT2D eigenvalue weighted by molar-refractivity contribution is 6.08. The molecule has 4 aromatic carbocycles. The minimum atomic E-state index is -9.07. The Kier molecular flexibility index (Phi) is 21.9. The Bertz CT molecular complexity index is 5240. The van der Waals surface area contributed by atoms with Gasteiger partial charge in [-0.25, -0.2) is 65.0 Å². The van der Waals surface area contributed by atoms with E-state index in [4.69, 9.17) is 0 Å². The van der Waals surface area contributed by atoms with Gasteiger partial charge in [-0.3, -0.25) is 0 Å². The number of hydrogen-bond acceptors (Lipinski definition) is 6. The van der Waals surface area contributed by atoms with Gasteiger partial charge in [0.15, 0.2) is 23.3 Å². The van der Waals surface area contributed by atoms with Crippen LogP contribution in [0.25, 0.3) is 89.7 Å². The summed E-state index contributed by atoms with van der Waals surface area (Å²) in [7, 11) is 0. The lowest BCUT2D eigenvalue weighted by molar-refractivity contribution is -0.367. The van der Waals surface area contributed by atoms with Crippen LogP contribution in [0.1, 0.15) is 44.5 Å². The first-order chi connectivity index (χ1) is 56.1. The number of rotatable bonds is 16. The van der Waals surface area contributed by atoms with E-state index in [0.29, 0.717) is 0 Å². The van der Waals surface area contributed by atoms with Crippen molar-refractivity contribution in [1.82, 2.24) is 39.9 Å². The molecule has 0 radical (unpaired) electrons. The van der Waals surface area contributed by atoms with Crippen molar-refractivity contribution in [1.29, 1.82) is 0 Å². The molecule has 7 aromatic rings. The van der Waals surface area contributed by atoms with E-state index in [9.17, 15) is 105 Å². The second-order valence-electron chi connectivity index (χ2n) is 25.3. The van der Waals surface area contributed by atoms with E-state index in [1.807, 2.05) is 29.9 Å². The van der Waals surface area contributed by atoms with Gasteiger partial charge in [-0.05, 0) is 0 Å². The summed E-state index contributed by atoms with van der Waals surface area (Å²) < 4.78 is 977. The molecule has 2 aliphatic rings. The smallest absolute Gasteiger partial charge is 0.324 e. The highest BCUT2D eigenvalue weighted by Gasteiger charge is 2.85. The third kappa shape index (κ3) is 13.1. The Morgan fingerprint density at radius 3 is 0.344 bits per heavy atom. The van der Waals surface area contributed by atoms with Gasteiger partial charge in [0, 0.05) is 0 Å². The van der Waals surface area contributed by atoms with Crippen LogP contribution in [-0.2, 0) is 47.4 Å². The van der Waals surface area contributed by atoms with Gasteiger partial charge in [-0.15, -0.1) is 0 Å². The summed E-state index contributed by atoms with van der Waals surface area (Å²) in [6.45, 7) is 0. The first-order valence-corrected chi connectivity index (χ1v) is 29.8. The monoisotopic (exact) mass is 2000 g/mol. The lowest BCUT2D eigenvalue weighted by atomic mass is 9.85. The molecule has 0 atom stereocenters. The van der Waals surface area contributed by atoms with Gasteiger partial charge in [0.25, 0.3) is 0 Å². The predicted molar refractivity (Wildman–Crippen MR) is 275 cm³/mol. The average molecular weight is 2000 g/mol. The van der Waals surface area contributed by atoms with Gasteiger partial charge in [-0.1, -0.05) is 0 Å². The zero-order chi connectivity index (χ0) is 100. The number of aromatic nitrogens is 8. The molecule has 3 aromatic heterocycles. The molecule has 0 amide bonds. The molecule has 0 unspecified atom stereocenters. The number of fused-ring (bicyclic) bond motifs is 20. The molecule has 5 heterocycles. The van der Waals surface area contributed by atoms with E-state index >= 15 is 176 Å². The molecular formula is C56H2F64N8. The third-order valence-electron chi connectivity index (χ3n) is 17.6. The Morgan fingerprint density at radius 1 is 0.141 bits per heavy atom. The molecule has 128 heavy (non-hydrogen) atoms. The fourth-order valence-electron chi connectivity index (χ4n) is 11.5. The molecule has 2 N–H and O–H groups in total. The van der Waals surface area contributed by atoms with Gasteiger partial charge in [-0.2, -0.15) is 246 Å². The van der Waals surface area contributed by atoms with Crippen molar-refractivity contribution in [2.24, 2.45) is 0 Å². The summed E-state index contributed by atoms with van der Waals surface area (Å²) in [6, 6.07) is 0. The Hall–Kier alpha value is -10.2. The molecule has 8 nitrogen and oxygen atoms in total. The number of hydrogen-bond donors (Lipinski definition) is 2. The number of aromatic amines is 2. The summed E-state index contributed by atoms with van der Waals surface area (Å²) in [5.74, 6) is -204. The third-order valence-corrected chi connectivity index (χ3v) is 17.6. The van der Waals surface area contributed by atoms with Crippen LogP contribution < -0.4 is 0 Å². The summed E-state index contributed by atoms with van der Waals surface area (Å²) >= 11 is 0. The van der Waals surface area contributed by atoms with Crippen molar-refractivity contribution in [2.75, 3.05) is 0 Å². The topological polar surface area (TPSA) is 109 Å². The first kappa shape index (κ1) is 102. The Balaban J connectivity index is 1.88. The van der Waals surface area contributed by atoms with E-state index in [1.54, 1.807) is 0 Å². The Morgan fingerprint density at radius 2 is 0.242 bits per heavy atom. The minimum Gasteiger partial charge on any atom is -0.324 e. The summed E-state index contributed by atoms with van der Waals surface area (Å²) in [5, 5.41) is -17.2. The van der Waals surface area contributed by atoms with E-state index in [-0.39, 0.29) is 9.97 Å². The molecule has 2 aliphatic heterocycles. The van der Waals surface area contributed by atoms with Crippen molar-refractivity contribution in [3.8, 4) is 45.6 Å². The maximum Gasteiger partial charge on any atom is 0.460 e. The van der Waals surface area contributed by atoms with E-state index in [0.717, 1.165) is 0 Å². The molecule has 0 fully saturated rings. The number of halogens is 64. The molecular weight excluding hydrogens is 2000 g/mol. The van der Waals surface area contributed by atoms with Gasteiger partial charge < -0.3 is 9.97 Å². The lowest BCUT2D eigenvalue weighted by Crippen LogP contribution is -2.54. The highest BCUT2D eigenvalue weighted by atomic mass is 19.5. The minimum absolute atomic E-state index is 0.0461. The molecule has 8 bridgehead atoms. The summed E-state index contributed by atoms with van der Waals surface area (Å²) in [5.41, 5.74) is -79.8. The van der Waals surface area contributed by atoms with Crippen molar-refractivity contribution in [3.05, 3.63) is 91.0 Å². The van der Waals surface area contributed by atoms with Gasteiger partial charge in [0.05, 0.1) is 88.3 Å². The van der Waals surface area contributed by atoms with Crippen LogP contribution >= 0.6 is 0 Å². The highest BCUT2D eigenvalue weighted by Crippen LogP contribution is 2.68. The van der Waals surface area contributed by atoms with Gasteiger partial charge in [0.2, 0.25) is 0 Å². The van der Waals surface area contributed by atoms with E-state index < -0.39 is 325 Å². The lowest BCUT2D eigenvalue weighted by Gasteiger charge is -2.34. The maximum atomic E-state index is 17.6. The normalized spacial score (nSPS) is 15.5. The van der Waals surface area contributed by atoms with E-state index in [1.165, 1.54) is 0 Å². The van der Waals surface area contributed by atoms with Crippen molar-refractivity contribution < 1.29 is 281 Å². The quantitative estimate of drug-likeness (QED) is 0.0933. The van der Waals surface area contributed by atoms with E-state index in [2.05, 4.69) is 0 Å². The van der Waals surface area contributed by atoms with Crippen molar-refractivity contribution in [3.63, 3.8) is 0 Å². The van der Waals surface area contributed by atoms with Crippen LogP contribution in [0.2, 0.25) is 0 Å². The van der Waals surface area contributed by atoms with Crippen LogP contribution in [0, 0.1) is 46.5 Å². The molecule has 0 spiro atoms. The molecule has 0 aliphatic carbocycles. The van der Waals surface area contributed by atoms with Crippen molar-refractivity contribution >= 4 is 44.1 Å². The standard InChI is InChI=1S/C56H2F64N8/c57-17-1-2(18(58)10(34(67,68)42(83,84)50(100,101)102)9(17)33(65,66)41(81,82)49(97,98)99)26-121-25(1)125-27-3-4(20(60)12(36(71,72)44(87,88)52(106,107)108)11(19(3)59)35(69,70)43(85,86)51(103,104)105)29(122-27)127-31-7-8(24(64)16(40(79,80)48(95,96)56(118,119)120)15(23(7)63)39(77,78)47(93,94)55(115,116)117)32(124-31)128-30-6-5(28(123-30)126-26)21(61)13(37(73,74)45(89,90)53(109,110)111)14(22(6)62)38(75,76)46(91,92)54(112,113)114/h(H2,121,122,123,124,125,126,127,128). The predicted octanol–water partition coefficient (Wildman–Crippen LogP) is 26.3. The first-order valence-electron chi connectivity index (χ1n) is 29.8. The fourth-order valence-corrected chi connectivity index (χ4v) is 11.5.